The Bertz CT molecular complexity index is 713. The molecule has 0 atom stereocenters. The number of aryl methyl sites for hydroxylation is 1. The molecule has 2 aromatic rings. The topological polar surface area (TPSA) is 114 Å². The second-order valence-electron chi connectivity index (χ2n) is 4.01. The first kappa shape index (κ1) is 14.6. The summed E-state index contributed by atoms with van der Waals surface area (Å²) >= 11 is 1.20. The van der Waals surface area contributed by atoms with E-state index in [9.17, 15) is 19.7 Å². The number of nitrogens with one attached hydrogen (secondary N) is 2. The minimum Gasteiger partial charge on any atom is -0.318 e. The Morgan fingerprint density at radius 2 is 2.00 bits per heavy atom. The van der Waals surface area contributed by atoms with Crippen LogP contribution in [0, 0.1) is 17.0 Å². The second-order valence-corrected chi connectivity index (χ2v) is 4.87. The number of nitro groups is 1. The van der Waals surface area contributed by atoms with Crippen LogP contribution in [0.2, 0.25) is 0 Å². The monoisotopic (exact) mass is 306 g/mol. The number of benzene rings is 1. The van der Waals surface area contributed by atoms with Gasteiger partial charge < -0.3 is 5.32 Å². The third kappa shape index (κ3) is 3.83. The Kier molecular flexibility index (Phi) is 4.24. The van der Waals surface area contributed by atoms with Crippen molar-refractivity contribution in [2.75, 3.05) is 10.6 Å². The van der Waals surface area contributed by atoms with E-state index in [0.29, 0.717) is 5.13 Å². The van der Waals surface area contributed by atoms with E-state index in [1.54, 1.807) is 12.3 Å². The van der Waals surface area contributed by atoms with Gasteiger partial charge in [-0.1, -0.05) is 6.07 Å². The van der Waals surface area contributed by atoms with Gasteiger partial charge in [0.1, 0.15) is 0 Å². The van der Waals surface area contributed by atoms with Crippen LogP contribution in [0.15, 0.2) is 29.6 Å². The number of hydrogen-bond acceptors (Lipinski definition) is 6. The average Bonchev–Trinajstić information content (AvgIpc) is 2.84. The number of thiazole rings is 1. The van der Waals surface area contributed by atoms with E-state index < -0.39 is 16.7 Å². The van der Waals surface area contributed by atoms with Gasteiger partial charge in [-0.2, -0.15) is 0 Å². The number of nitro benzene ring substituents is 1. The second kappa shape index (κ2) is 6.09. The fraction of sp³-hybridized carbons (Fsp3) is 0.0833. The number of hydrogen-bond donors (Lipinski definition) is 2. The van der Waals surface area contributed by atoms with Crippen molar-refractivity contribution in [1.82, 2.24) is 4.98 Å². The zero-order valence-electron chi connectivity index (χ0n) is 10.8. The van der Waals surface area contributed by atoms with E-state index >= 15 is 0 Å². The first-order chi connectivity index (χ1) is 9.95. The van der Waals surface area contributed by atoms with Crippen molar-refractivity contribution < 1.29 is 14.5 Å². The number of rotatable bonds is 3. The van der Waals surface area contributed by atoms with Crippen LogP contribution >= 0.6 is 11.3 Å². The van der Waals surface area contributed by atoms with Gasteiger partial charge in [0.15, 0.2) is 5.13 Å². The van der Waals surface area contributed by atoms with Crippen LogP contribution in [0.4, 0.5) is 16.5 Å². The van der Waals surface area contributed by atoms with Crippen molar-refractivity contribution >= 4 is 39.7 Å². The van der Waals surface area contributed by atoms with Crippen LogP contribution in [-0.2, 0) is 9.59 Å². The van der Waals surface area contributed by atoms with E-state index in [0.717, 1.165) is 5.69 Å². The summed E-state index contributed by atoms with van der Waals surface area (Å²) in [4.78, 5) is 37.4. The lowest BCUT2D eigenvalue weighted by molar-refractivity contribution is -0.384. The molecular weight excluding hydrogens is 296 g/mol. The van der Waals surface area contributed by atoms with Crippen molar-refractivity contribution in [2.45, 2.75) is 6.92 Å². The first-order valence-electron chi connectivity index (χ1n) is 5.74. The first-order valence-corrected chi connectivity index (χ1v) is 6.62. The lowest BCUT2D eigenvalue weighted by Gasteiger charge is -2.04. The molecular formula is C12H10N4O4S. The zero-order chi connectivity index (χ0) is 15.4. The molecule has 0 spiro atoms. The van der Waals surface area contributed by atoms with Crippen LogP contribution < -0.4 is 10.6 Å². The van der Waals surface area contributed by atoms with Crippen LogP contribution in [0.1, 0.15) is 5.69 Å². The maximum Gasteiger partial charge on any atom is 0.315 e. The largest absolute Gasteiger partial charge is 0.318 e. The predicted octanol–water partition coefficient (Wildman–Crippen LogP) is 1.94. The number of carbonyl (C=O) groups excluding carboxylic acids is 2. The SMILES string of the molecule is Cc1csc(NC(=O)C(=O)Nc2cccc([N+](=O)[O-])c2)n1. The van der Waals surface area contributed by atoms with Gasteiger partial charge in [0.2, 0.25) is 0 Å². The quantitative estimate of drug-likeness (QED) is 0.511. The molecule has 2 N–H and O–H groups in total. The molecule has 1 aromatic heterocycles. The Hall–Kier alpha value is -2.81. The van der Waals surface area contributed by atoms with Crippen molar-refractivity contribution in [2.24, 2.45) is 0 Å². The number of aromatic nitrogens is 1. The molecule has 1 heterocycles. The van der Waals surface area contributed by atoms with Gasteiger partial charge in [-0.3, -0.25) is 25.0 Å². The summed E-state index contributed by atoms with van der Waals surface area (Å²) in [5, 5.41) is 17.3. The predicted molar refractivity (Wildman–Crippen MR) is 77.2 cm³/mol. The number of anilines is 2. The molecule has 0 radical (unpaired) electrons. The number of non-ortho nitro benzene ring substituents is 1. The van der Waals surface area contributed by atoms with Gasteiger partial charge in [-0.15, -0.1) is 11.3 Å². The Morgan fingerprint density at radius 1 is 1.29 bits per heavy atom. The van der Waals surface area contributed by atoms with E-state index in [1.807, 2.05) is 0 Å². The van der Waals surface area contributed by atoms with Crippen molar-refractivity contribution in [3.05, 3.63) is 45.5 Å². The van der Waals surface area contributed by atoms with Crippen LogP contribution in [0.25, 0.3) is 0 Å². The molecule has 1 aromatic carbocycles. The number of carbonyl (C=O) groups is 2. The van der Waals surface area contributed by atoms with Gasteiger partial charge in [-0.05, 0) is 13.0 Å². The molecule has 108 valence electrons. The van der Waals surface area contributed by atoms with Gasteiger partial charge in [0.25, 0.3) is 5.69 Å². The summed E-state index contributed by atoms with van der Waals surface area (Å²) in [6, 6.07) is 5.31. The highest BCUT2D eigenvalue weighted by molar-refractivity contribution is 7.14. The Balaban J connectivity index is 2.02. The molecule has 8 nitrogen and oxygen atoms in total. The summed E-state index contributed by atoms with van der Waals surface area (Å²) < 4.78 is 0. The third-order valence-electron chi connectivity index (χ3n) is 2.36. The maximum atomic E-state index is 11.7. The summed E-state index contributed by atoms with van der Waals surface area (Å²) in [5.74, 6) is -1.82. The molecule has 0 bridgehead atoms. The normalized spacial score (nSPS) is 9.95. The molecule has 21 heavy (non-hydrogen) atoms. The van der Waals surface area contributed by atoms with Gasteiger partial charge in [0, 0.05) is 23.2 Å². The summed E-state index contributed by atoms with van der Waals surface area (Å²) in [6.45, 7) is 1.76. The van der Waals surface area contributed by atoms with Crippen LogP contribution in [0.3, 0.4) is 0 Å². The number of nitrogens with zero attached hydrogens (tertiary/aromatic N) is 2. The minimum absolute atomic E-state index is 0.166. The molecule has 0 aliphatic rings. The highest BCUT2D eigenvalue weighted by Crippen LogP contribution is 2.17. The fourth-order valence-electron chi connectivity index (χ4n) is 1.45. The molecule has 0 saturated carbocycles. The fourth-order valence-corrected chi connectivity index (χ4v) is 2.13. The van der Waals surface area contributed by atoms with Gasteiger partial charge in [0.05, 0.1) is 10.6 Å². The lowest BCUT2D eigenvalue weighted by atomic mass is 10.3. The molecule has 0 unspecified atom stereocenters. The van der Waals surface area contributed by atoms with Crippen molar-refractivity contribution in [3.8, 4) is 0 Å². The summed E-state index contributed by atoms with van der Waals surface area (Å²) in [6.07, 6.45) is 0. The summed E-state index contributed by atoms with van der Waals surface area (Å²) in [5.41, 5.74) is 0.720. The standard InChI is InChI=1S/C12H10N4O4S/c1-7-6-21-12(13-7)15-11(18)10(17)14-8-3-2-4-9(5-8)16(19)20/h2-6H,1H3,(H,14,17)(H,13,15,18). The van der Waals surface area contributed by atoms with E-state index in [4.69, 9.17) is 0 Å². The maximum absolute atomic E-state index is 11.7. The molecule has 0 fully saturated rings. The molecule has 0 aliphatic carbocycles. The van der Waals surface area contributed by atoms with Gasteiger partial charge in [-0.25, -0.2) is 4.98 Å². The van der Waals surface area contributed by atoms with E-state index in [1.165, 1.54) is 35.6 Å². The summed E-state index contributed by atoms with van der Waals surface area (Å²) in [7, 11) is 0. The van der Waals surface area contributed by atoms with Crippen LogP contribution in [-0.4, -0.2) is 21.7 Å². The smallest absolute Gasteiger partial charge is 0.315 e. The minimum atomic E-state index is -0.927. The van der Waals surface area contributed by atoms with Crippen molar-refractivity contribution in [3.63, 3.8) is 0 Å². The van der Waals surface area contributed by atoms with Crippen molar-refractivity contribution in [1.29, 1.82) is 0 Å². The molecule has 0 saturated heterocycles. The number of amides is 2. The molecule has 9 heteroatoms. The molecule has 2 amide bonds. The van der Waals surface area contributed by atoms with E-state index in [2.05, 4.69) is 15.6 Å². The highest BCUT2D eigenvalue weighted by Gasteiger charge is 2.16. The Labute approximate surface area is 123 Å². The average molecular weight is 306 g/mol. The van der Waals surface area contributed by atoms with Crippen LogP contribution in [0.5, 0.6) is 0 Å². The third-order valence-corrected chi connectivity index (χ3v) is 3.24. The van der Waals surface area contributed by atoms with E-state index in [-0.39, 0.29) is 11.4 Å². The molecule has 0 aliphatic heterocycles. The highest BCUT2D eigenvalue weighted by atomic mass is 32.1. The zero-order valence-corrected chi connectivity index (χ0v) is 11.6. The molecule has 2 rings (SSSR count). The lowest BCUT2D eigenvalue weighted by Crippen LogP contribution is -2.29. The van der Waals surface area contributed by atoms with Gasteiger partial charge >= 0.3 is 11.8 Å². The Morgan fingerprint density at radius 3 is 2.62 bits per heavy atom.